The molecule has 0 unspecified atom stereocenters. The highest BCUT2D eigenvalue weighted by Crippen LogP contribution is 2.29. The van der Waals surface area contributed by atoms with Crippen LogP contribution >= 0.6 is 0 Å². The first-order valence-corrected chi connectivity index (χ1v) is 7.29. The molecule has 1 fully saturated rings. The van der Waals surface area contributed by atoms with Crippen molar-refractivity contribution in [2.75, 3.05) is 0 Å². The second kappa shape index (κ2) is 6.58. The van der Waals surface area contributed by atoms with E-state index in [0.717, 1.165) is 45.4 Å². The molecule has 1 saturated carbocycles. The van der Waals surface area contributed by atoms with Gasteiger partial charge in [0.05, 0.1) is 5.56 Å². The van der Waals surface area contributed by atoms with Gasteiger partial charge in [0.25, 0.3) is 0 Å². The van der Waals surface area contributed by atoms with Gasteiger partial charge in [0.1, 0.15) is 0 Å². The molecular formula is C16H18F4O. The predicted octanol–water partition coefficient (Wildman–Crippen LogP) is 5.09. The molecule has 0 heterocycles. The van der Waals surface area contributed by atoms with Crippen molar-refractivity contribution in [3.63, 3.8) is 0 Å². The summed E-state index contributed by atoms with van der Waals surface area (Å²) in [5.74, 6) is -6.95. The normalized spacial score (nSPS) is 16.8. The van der Waals surface area contributed by atoms with Gasteiger partial charge in [-0.05, 0) is 12.8 Å². The minimum absolute atomic E-state index is 0.0335. The van der Waals surface area contributed by atoms with Crippen molar-refractivity contribution < 1.29 is 22.4 Å². The van der Waals surface area contributed by atoms with Crippen molar-refractivity contribution in [2.24, 2.45) is 5.92 Å². The van der Waals surface area contributed by atoms with Gasteiger partial charge in [-0.25, -0.2) is 17.6 Å². The van der Waals surface area contributed by atoms with Gasteiger partial charge in [0.2, 0.25) is 0 Å². The number of Topliss-reactive ketones (excluding diaryl/α,β-unsaturated/α-hetero) is 1. The number of carbonyl (C=O) groups excluding carboxylic acids is 1. The minimum Gasteiger partial charge on any atom is -0.294 e. The topological polar surface area (TPSA) is 17.1 Å². The van der Waals surface area contributed by atoms with Gasteiger partial charge in [-0.15, -0.1) is 0 Å². The number of halogens is 4. The molecule has 21 heavy (non-hydrogen) atoms. The average Bonchev–Trinajstić information content (AvgIpc) is 2.72. The lowest BCUT2D eigenvalue weighted by Gasteiger charge is -2.14. The molecule has 1 aromatic carbocycles. The lowest BCUT2D eigenvalue weighted by Crippen LogP contribution is -2.15. The van der Waals surface area contributed by atoms with E-state index in [1.807, 2.05) is 0 Å². The smallest absolute Gasteiger partial charge is 0.173 e. The number of ketones is 1. The summed E-state index contributed by atoms with van der Waals surface area (Å²) in [4.78, 5) is 12.1. The highest BCUT2D eigenvalue weighted by molar-refractivity contribution is 5.96. The molecule has 0 bridgehead atoms. The summed E-state index contributed by atoms with van der Waals surface area (Å²) in [6, 6.07) is 0. The first-order valence-electron chi connectivity index (χ1n) is 7.29. The number of carbonyl (C=O) groups is 1. The Bertz CT molecular complexity index is 517. The number of rotatable bonds is 3. The first kappa shape index (κ1) is 16.0. The highest BCUT2D eigenvalue weighted by atomic mass is 19.2. The zero-order valence-corrected chi connectivity index (χ0v) is 11.9. The fourth-order valence-electron chi connectivity index (χ4n) is 2.92. The Hall–Kier alpha value is -1.39. The molecule has 0 atom stereocenters. The maximum Gasteiger partial charge on any atom is 0.173 e. The molecule has 1 aliphatic carbocycles. The van der Waals surface area contributed by atoms with Gasteiger partial charge >= 0.3 is 0 Å². The zero-order chi connectivity index (χ0) is 15.6. The van der Waals surface area contributed by atoms with Gasteiger partial charge in [-0.1, -0.05) is 38.5 Å². The van der Waals surface area contributed by atoms with Crippen LogP contribution in [-0.4, -0.2) is 5.78 Å². The third-order valence-electron chi connectivity index (χ3n) is 4.21. The summed E-state index contributed by atoms with van der Waals surface area (Å²) < 4.78 is 54.6. The third kappa shape index (κ3) is 3.27. The van der Waals surface area contributed by atoms with Gasteiger partial charge in [-0.2, -0.15) is 0 Å². The standard InChI is InChI=1S/C16H18F4O/c1-9-13(17)15(19)12(16(20)14(9)18)11(21)8-10-6-4-2-3-5-7-10/h10H,2-8H2,1H3. The van der Waals surface area contributed by atoms with Crippen LogP contribution in [0.5, 0.6) is 0 Å². The lowest BCUT2D eigenvalue weighted by atomic mass is 9.91. The van der Waals surface area contributed by atoms with Crippen LogP contribution < -0.4 is 0 Å². The molecule has 1 aromatic rings. The van der Waals surface area contributed by atoms with Gasteiger partial charge < -0.3 is 0 Å². The van der Waals surface area contributed by atoms with E-state index < -0.39 is 40.2 Å². The first-order chi connectivity index (χ1) is 9.93. The number of hydrogen-bond acceptors (Lipinski definition) is 1. The van der Waals surface area contributed by atoms with Crippen molar-refractivity contribution >= 4 is 5.78 Å². The van der Waals surface area contributed by atoms with E-state index in [9.17, 15) is 22.4 Å². The molecular weight excluding hydrogens is 284 g/mol. The molecule has 0 spiro atoms. The van der Waals surface area contributed by atoms with E-state index in [1.165, 1.54) is 0 Å². The zero-order valence-electron chi connectivity index (χ0n) is 11.9. The Morgan fingerprint density at radius 1 is 0.905 bits per heavy atom. The second-order valence-electron chi connectivity index (χ2n) is 5.74. The van der Waals surface area contributed by atoms with Crippen molar-refractivity contribution in [3.05, 3.63) is 34.4 Å². The van der Waals surface area contributed by atoms with Crippen LogP contribution in [0.2, 0.25) is 0 Å². The van der Waals surface area contributed by atoms with E-state index in [0.29, 0.717) is 0 Å². The van der Waals surface area contributed by atoms with Crippen LogP contribution in [0.3, 0.4) is 0 Å². The van der Waals surface area contributed by atoms with Crippen molar-refractivity contribution in [2.45, 2.75) is 51.9 Å². The Morgan fingerprint density at radius 3 is 1.86 bits per heavy atom. The van der Waals surface area contributed by atoms with Gasteiger partial charge in [0, 0.05) is 12.0 Å². The fraction of sp³-hybridized carbons (Fsp3) is 0.562. The van der Waals surface area contributed by atoms with Crippen molar-refractivity contribution in [1.29, 1.82) is 0 Å². The monoisotopic (exact) mass is 302 g/mol. The number of hydrogen-bond donors (Lipinski definition) is 0. The third-order valence-corrected chi connectivity index (χ3v) is 4.21. The van der Waals surface area contributed by atoms with E-state index >= 15 is 0 Å². The summed E-state index contributed by atoms with van der Waals surface area (Å²) in [7, 11) is 0. The lowest BCUT2D eigenvalue weighted by molar-refractivity contribution is 0.0946. The minimum atomic E-state index is -1.58. The van der Waals surface area contributed by atoms with E-state index in [4.69, 9.17) is 0 Å². The Morgan fingerprint density at radius 2 is 1.38 bits per heavy atom. The van der Waals surface area contributed by atoms with Crippen molar-refractivity contribution in [3.8, 4) is 0 Å². The summed E-state index contributed by atoms with van der Waals surface area (Å²) in [6.45, 7) is 0.941. The van der Waals surface area contributed by atoms with Crippen LogP contribution in [0, 0.1) is 36.1 Å². The van der Waals surface area contributed by atoms with Crippen LogP contribution in [0.15, 0.2) is 0 Å². The van der Waals surface area contributed by atoms with Gasteiger partial charge in [0.15, 0.2) is 29.1 Å². The average molecular weight is 302 g/mol. The van der Waals surface area contributed by atoms with E-state index in [2.05, 4.69) is 0 Å². The summed E-state index contributed by atoms with van der Waals surface area (Å²) in [6.07, 6.45) is 5.68. The van der Waals surface area contributed by atoms with Crippen molar-refractivity contribution in [1.82, 2.24) is 0 Å². The molecule has 0 aliphatic heterocycles. The molecule has 0 aromatic heterocycles. The quantitative estimate of drug-likeness (QED) is 0.329. The van der Waals surface area contributed by atoms with E-state index in [1.54, 1.807) is 0 Å². The highest BCUT2D eigenvalue weighted by Gasteiger charge is 2.28. The maximum atomic E-state index is 13.8. The van der Waals surface area contributed by atoms with E-state index in [-0.39, 0.29) is 12.3 Å². The maximum absolute atomic E-state index is 13.8. The molecule has 2 rings (SSSR count). The second-order valence-corrected chi connectivity index (χ2v) is 5.74. The molecule has 0 amide bonds. The molecule has 0 N–H and O–H groups in total. The molecule has 1 aliphatic rings. The van der Waals surface area contributed by atoms with Crippen LogP contribution in [0.4, 0.5) is 17.6 Å². The molecule has 5 heteroatoms. The molecule has 1 nitrogen and oxygen atoms in total. The Kier molecular flexibility index (Phi) is 5.01. The van der Waals surface area contributed by atoms with Crippen LogP contribution in [-0.2, 0) is 0 Å². The molecule has 0 radical (unpaired) electrons. The summed E-state index contributed by atoms with van der Waals surface area (Å²) in [5.41, 5.74) is -1.81. The Labute approximate surface area is 121 Å². The largest absolute Gasteiger partial charge is 0.294 e. The predicted molar refractivity (Wildman–Crippen MR) is 71.2 cm³/mol. The Balaban J connectivity index is 2.27. The van der Waals surface area contributed by atoms with Crippen LogP contribution in [0.1, 0.15) is 60.9 Å². The fourth-order valence-corrected chi connectivity index (χ4v) is 2.92. The van der Waals surface area contributed by atoms with Gasteiger partial charge in [-0.3, -0.25) is 4.79 Å². The van der Waals surface area contributed by atoms with Crippen LogP contribution in [0.25, 0.3) is 0 Å². The molecule has 0 saturated heterocycles. The summed E-state index contributed by atoms with van der Waals surface area (Å²) in [5, 5.41) is 0. The molecule has 116 valence electrons. The SMILES string of the molecule is Cc1c(F)c(F)c(C(=O)CC2CCCCCC2)c(F)c1F. The number of benzene rings is 1. The summed E-state index contributed by atoms with van der Waals surface area (Å²) >= 11 is 0.